The van der Waals surface area contributed by atoms with Gasteiger partial charge in [-0.3, -0.25) is 0 Å². The molecule has 0 amide bonds. The topological polar surface area (TPSA) is 54.2 Å². The van der Waals surface area contributed by atoms with E-state index in [-0.39, 0.29) is 0 Å². The van der Waals surface area contributed by atoms with Crippen LogP contribution in [0.5, 0.6) is 0 Å². The molecule has 1 fully saturated rings. The minimum atomic E-state index is 0.326. The summed E-state index contributed by atoms with van der Waals surface area (Å²) in [5.74, 6) is 1.13. The van der Waals surface area contributed by atoms with Crippen LogP contribution >= 0.6 is 0 Å². The Labute approximate surface area is 103 Å². The monoisotopic (exact) mass is 238 g/mol. The standard InChI is InChI=1S/C12H22N4O/c1-4-13-10-5-7-16(8-6-10)12-14-11(9(2)3)15-17-12/h9-10,13H,4-8H2,1-3H3. The van der Waals surface area contributed by atoms with Crippen LogP contribution in [0.25, 0.3) is 0 Å². The summed E-state index contributed by atoms with van der Waals surface area (Å²) in [5, 5.41) is 7.49. The second-order valence-electron chi connectivity index (χ2n) is 4.91. The van der Waals surface area contributed by atoms with Crippen LogP contribution in [0.4, 0.5) is 6.01 Å². The van der Waals surface area contributed by atoms with E-state index in [0.717, 1.165) is 38.3 Å². The molecule has 0 unspecified atom stereocenters. The molecule has 1 saturated heterocycles. The van der Waals surface area contributed by atoms with Gasteiger partial charge in [0.2, 0.25) is 0 Å². The van der Waals surface area contributed by atoms with Gasteiger partial charge in [0.05, 0.1) is 0 Å². The SMILES string of the molecule is CCNC1CCN(c2nc(C(C)C)no2)CC1. The third kappa shape index (κ3) is 2.97. The van der Waals surface area contributed by atoms with Crippen LogP contribution < -0.4 is 10.2 Å². The summed E-state index contributed by atoms with van der Waals surface area (Å²) in [5.41, 5.74) is 0. The molecule has 2 rings (SSSR count). The maximum Gasteiger partial charge on any atom is 0.324 e. The summed E-state index contributed by atoms with van der Waals surface area (Å²) in [6, 6.07) is 1.33. The summed E-state index contributed by atoms with van der Waals surface area (Å²) in [6.45, 7) is 9.34. The van der Waals surface area contributed by atoms with Crippen LogP contribution in [0.1, 0.15) is 45.4 Å². The van der Waals surface area contributed by atoms with E-state index in [4.69, 9.17) is 4.52 Å². The van der Waals surface area contributed by atoms with Crippen LogP contribution in [0.2, 0.25) is 0 Å². The lowest BCUT2D eigenvalue weighted by Gasteiger charge is -2.30. The summed E-state index contributed by atoms with van der Waals surface area (Å²) < 4.78 is 5.31. The predicted octanol–water partition coefficient (Wildman–Crippen LogP) is 1.77. The van der Waals surface area contributed by atoms with Crippen molar-refractivity contribution in [2.24, 2.45) is 0 Å². The van der Waals surface area contributed by atoms with Gasteiger partial charge in [-0.1, -0.05) is 25.9 Å². The zero-order chi connectivity index (χ0) is 12.3. The summed E-state index contributed by atoms with van der Waals surface area (Å²) in [6.07, 6.45) is 2.29. The first-order valence-corrected chi connectivity index (χ1v) is 6.52. The molecule has 1 N–H and O–H groups in total. The van der Waals surface area contributed by atoms with E-state index in [2.05, 4.69) is 41.1 Å². The summed E-state index contributed by atoms with van der Waals surface area (Å²) in [7, 11) is 0. The zero-order valence-corrected chi connectivity index (χ0v) is 10.9. The number of anilines is 1. The van der Waals surface area contributed by atoms with Gasteiger partial charge in [0.15, 0.2) is 5.82 Å². The lowest BCUT2D eigenvalue weighted by Crippen LogP contribution is -2.42. The molecule has 0 spiro atoms. The Bertz CT molecular complexity index is 342. The molecule has 0 atom stereocenters. The molecule has 96 valence electrons. The van der Waals surface area contributed by atoms with Crippen LogP contribution in [0, 0.1) is 0 Å². The molecule has 1 aliphatic rings. The lowest BCUT2D eigenvalue weighted by atomic mass is 10.1. The Hall–Kier alpha value is -1.10. The highest BCUT2D eigenvalue weighted by Gasteiger charge is 2.22. The van der Waals surface area contributed by atoms with Gasteiger partial charge in [-0.2, -0.15) is 4.98 Å². The second kappa shape index (κ2) is 5.49. The average molecular weight is 238 g/mol. The highest BCUT2D eigenvalue weighted by molar-refractivity contribution is 5.26. The van der Waals surface area contributed by atoms with Crippen molar-refractivity contribution >= 4 is 6.01 Å². The highest BCUT2D eigenvalue weighted by Crippen LogP contribution is 2.20. The Morgan fingerprint density at radius 1 is 1.41 bits per heavy atom. The van der Waals surface area contributed by atoms with Gasteiger partial charge in [0.1, 0.15) is 0 Å². The summed E-state index contributed by atoms with van der Waals surface area (Å²) >= 11 is 0. The van der Waals surface area contributed by atoms with Crippen molar-refractivity contribution in [3.05, 3.63) is 5.82 Å². The molecule has 1 aromatic rings. The minimum Gasteiger partial charge on any atom is -0.324 e. The maximum absolute atomic E-state index is 5.31. The van der Waals surface area contributed by atoms with Gasteiger partial charge in [-0.05, 0) is 19.4 Å². The van der Waals surface area contributed by atoms with E-state index in [0.29, 0.717) is 18.0 Å². The van der Waals surface area contributed by atoms with Crippen molar-refractivity contribution in [1.29, 1.82) is 0 Å². The quantitative estimate of drug-likeness (QED) is 0.866. The molecule has 1 aromatic heterocycles. The summed E-state index contributed by atoms with van der Waals surface area (Å²) in [4.78, 5) is 6.62. The van der Waals surface area contributed by atoms with Gasteiger partial charge in [0.25, 0.3) is 0 Å². The molecular weight excluding hydrogens is 216 g/mol. The van der Waals surface area contributed by atoms with Crippen molar-refractivity contribution in [3.8, 4) is 0 Å². The number of hydrogen-bond donors (Lipinski definition) is 1. The molecule has 1 aliphatic heterocycles. The third-order valence-electron chi connectivity index (χ3n) is 3.21. The smallest absolute Gasteiger partial charge is 0.324 e. The fourth-order valence-electron chi connectivity index (χ4n) is 2.15. The van der Waals surface area contributed by atoms with E-state index in [1.54, 1.807) is 0 Å². The molecule has 5 heteroatoms. The van der Waals surface area contributed by atoms with Gasteiger partial charge in [-0.15, -0.1) is 0 Å². The van der Waals surface area contributed by atoms with Crippen molar-refractivity contribution in [2.75, 3.05) is 24.5 Å². The van der Waals surface area contributed by atoms with Crippen LogP contribution in [-0.4, -0.2) is 35.8 Å². The molecule has 0 radical (unpaired) electrons. The number of nitrogens with zero attached hydrogens (tertiary/aromatic N) is 3. The predicted molar refractivity (Wildman–Crippen MR) is 67.3 cm³/mol. The van der Waals surface area contributed by atoms with Crippen molar-refractivity contribution in [1.82, 2.24) is 15.5 Å². The van der Waals surface area contributed by atoms with Gasteiger partial charge in [0, 0.05) is 25.0 Å². The first-order chi connectivity index (χ1) is 8.20. The molecule has 0 saturated carbocycles. The van der Waals surface area contributed by atoms with Crippen LogP contribution in [0.3, 0.4) is 0 Å². The van der Waals surface area contributed by atoms with Crippen LogP contribution in [-0.2, 0) is 0 Å². The van der Waals surface area contributed by atoms with E-state index >= 15 is 0 Å². The molecular formula is C12H22N4O. The molecule has 2 heterocycles. The highest BCUT2D eigenvalue weighted by atomic mass is 16.5. The molecule has 0 bridgehead atoms. The van der Waals surface area contributed by atoms with E-state index < -0.39 is 0 Å². The van der Waals surface area contributed by atoms with Crippen molar-refractivity contribution < 1.29 is 4.52 Å². The van der Waals surface area contributed by atoms with Crippen molar-refractivity contribution in [3.63, 3.8) is 0 Å². The molecule has 0 aliphatic carbocycles. The number of hydrogen-bond acceptors (Lipinski definition) is 5. The Morgan fingerprint density at radius 2 is 2.12 bits per heavy atom. The minimum absolute atomic E-state index is 0.326. The number of piperidine rings is 1. The lowest BCUT2D eigenvalue weighted by molar-refractivity contribution is 0.371. The first-order valence-electron chi connectivity index (χ1n) is 6.52. The van der Waals surface area contributed by atoms with E-state index in [9.17, 15) is 0 Å². The second-order valence-corrected chi connectivity index (χ2v) is 4.91. The first kappa shape index (κ1) is 12.4. The fraction of sp³-hybridized carbons (Fsp3) is 0.833. The number of aromatic nitrogens is 2. The largest absolute Gasteiger partial charge is 0.324 e. The molecule has 0 aromatic carbocycles. The molecule has 17 heavy (non-hydrogen) atoms. The van der Waals surface area contributed by atoms with Gasteiger partial charge in [-0.25, -0.2) is 0 Å². The van der Waals surface area contributed by atoms with Crippen LogP contribution in [0.15, 0.2) is 4.52 Å². The Morgan fingerprint density at radius 3 is 2.65 bits per heavy atom. The maximum atomic E-state index is 5.31. The zero-order valence-electron chi connectivity index (χ0n) is 10.9. The fourth-order valence-corrected chi connectivity index (χ4v) is 2.15. The van der Waals surface area contributed by atoms with E-state index in [1.165, 1.54) is 0 Å². The van der Waals surface area contributed by atoms with E-state index in [1.807, 2.05) is 0 Å². The number of rotatable bonds is 4. The van der Waals surface area contributed by atoms with Gasteiger partial charge < -0.3 is 14.7 Å². The average Bonchev–Trinajstić information content (AvgIpc) is 2.80. The normalized spacial score (nSPS) is 18.0. The van der Waals surface area contributed by atoms with Crippen molar-refractivity contribution in [2.45, 2.75) is 45.6 Å². The number of nitrogens with one attached hydrogen (secondary N) is 1. The Kier molecular flexibility index (Phi) is 3.99. The Balaban J connectivity index is 1.91. The molecule has 5 nitrogen and oxygen atoms in total. The van der Waals surface area contributed by atoms with Gasteiger partial charge >= 0.3 is 6.01 Å². The third-order valence-corrected chi connectivity index (χ3v) is 3.21.